The lowest BCUT2D eigenvalue weighted by Crippen LogP contribution is -2.39. The van der Waals surface area contributed by atoms with Crippen LogP contribution in [-0.2, 0) is 6.54 Å². The number of hydrogen-bond donors (Lipinski definition) is 0. The van der Waals surface area contributed by atoms with Crippen LogP contribution in [0.2, 0.25) is 0 Å². The average molecular weight is 485 g/mol. The Balaban J connectivity index is 1.53. The molecular formula is C30H36N4O2. The van der Waals surface area contributed by atoms with Gasteiger partial charge in [-0.1, -0.05) is 48.5 Å². The summed E-state index contributed by atoms with van der Waals surface area (Å²) in [6, 6.07) is 23.4. The zero-order chi connectivity index (χ0) is 25.5. The van der Waals surface area contributed by atoms with Crippen molar-refractivity contribution in [3.8, 4) is 0 Å². The number of amides is 2. The minimum atomic E-state index is 0.0194. The van der Waals surface area contributed by atoms with Crippen LogP contribution in [0.4, 0.5) is 0 Å². The van der Waals surface area contributed by atoms with Gasteiger partial charge in [-0.15, -0.1) is 0 Å². The van der Waals surface area contributed by atoms with Crippen LogP contribution in [0.15, 0.2) is 72.8 Å². The second-order valence-electron chi connectivity index (χ2n) is 9.83. The van der Waals surface area contributed by atoms with Crippen LogP contribution in [0.5, 0.6) is 0 Å². The summed E-state index contributed by atoms with van der Waals surface area (Å²) in [5, 5.41) is 0. The van der Waals surface area contributed by atoms with Gasteiger partial charge in [0.1, 0.15) is 0 Å². The number of aryl methyl sites for hydroxylation is 1. The van der Waals surface area contributed by atoms with Crippen molar-refractivity contribution in [2.45, 2.75) is 32.2 Å². The highest BCUT2D eigenvalue weighted by molar-refractivity contribution is 5.96. The van der Waals surface area contributed by atoms with Crippen molar-refractivity contribution < 1.29 is 9.59 Å². The molecule has 1 aliphatic rings. The highest BCUT2D eigenvalue weighted by atomic mass is 16.2. The van der Waals surface area contributed by atoms with E-state index < -0.39 is 0 Å². The predicted molar refractivity (Wildman–Crippen MR) is 143 cm³/mol. The lowest BCUT2D eigenvalue weighted by molar-refractivity contribution is 0.0698. The summed E-state index contributed by atoms with van der Waals surface area (Å²) in [6.07, 6.45) is 1.59. The maximum Gasteiger partial charge on any atom is 0.256 e. The molecule has 0 N–H and O–H groups in total. The van der Waals surface area contributed by atoms with Crippen molar-refractivity contribution in [2.75, 3.05) is 40.3 Å². The van der Waals surface area contributed by atoms with Crippen molar-refractivity contribution in [3.05, 3.63) is 101 Å². The Morgan fingerprint density at radius 1 is 0.889 bits per heavy atom. The van der Waals surface area contributed by atoms with E-state index in [9.17, 15) is 9.59 Å². The topological polar surface area (TPSA) is 56.8 Å². The summed E-state index contributed by atoms with van der Waals surface area (Å²) in [5.74, 6) is 0.238. The van der Waals surface area contributed by atoms with Gasteiger partial charge in [-0.3, -0.25) is 14.6 Å². The molecule has 6 nitrogen and oxygen atoms in total. The van der Waals surface area contributed by atoms with Gasteiger partial charge < -0.3 is 14.7 Å². The molecule has 0 unspecified atom stereocenters. The van der Waals surface area contributed by atoms with E-state index in [-0.39, 0.29) is 17.7 Å². The van der Waals surface area contributed by atoms with Crippen LogP contribution in [0.1, 0.15) is 56.4 Å². The number of benzene rings is 2. The van der Waals surface area contributed by atoms with Gasteiger partial charge in [-0.25, -0.2) is 0 Å². The van der Waals surface area contributed by atoms with Gasteiger partial charge in [0, 0.05) is 49.9 Å². The maximum atomic E-state index is 13.9. The van der Waals surface area contributed by atoms with Crippen molar-refractivity contribution >= 4 is 11.8 Å². The Kier molecular flexibility index (Phi) is 8.49. The Bertz CT molecular complexity index is 1160. The van der Waals surface area contributed by atoms with E-state index in [0.717, 1.165) is 41.9 Å². The molecule has 3 aromatic rings. The summed E-state index contributed by atoms with van der Waals surface area (Å²) in [6.45, 7) is 5.28. The Morgan fingerprint density at radius 2 is 1.53 bits per heavy atom. The molecule has 1 fully saturated rings. The van der Waals surface area contributed by atoms with E-state index in [4.69, 9.17) is 4.98 Å². The van der Waals surface area contributed by atoms with Gasteiger partial charge in [0.05, 0.1) is 11.3 Å². The summed E-state index contributed by atoms with van der Waals surface area (Å²) in [5.41, 5.74) is 4.29. The molecule has 1 saturated heterocycles. The molecule has 0 bridgehead atoms. The normalized spacial score (nSPS) is 14.2. The molecule has 2 aromatic carbocycles. The van der Waals surface area contributed by atoms with E-state index in [0.29, 0.717) is 31.7 Å². The molecule has 188 valence electrons. The van der Waals surface area contributed by atoms with Crippen LogP contribution in [0, 0.1) is 6.92 Å². The number of likely N-dealkylation sites (N-methyl/N-ethyl adjacent to an activating group) is 1. The molecule has 2 amide bonds. The largest absolute Gasteiger partial charge is 0.339 e. The number of nitrogens with zero attached hydrogens (tertiary/aromatic N) is 4. The highest BCUT2D eigenvalue weighted by Gasteiger charge is 2.29. The lowest BCUT2D eigenvalue weighted by atomic mass is 9.89. The van der Waals surface area contributed by atoms with Gasteiger partial charge in [-0.2, -0.15) is 0 Å². The Labute approximate surface area is 214 Å². The van der Waals surface area contributed by atoms with E-state index in [1.165, 1.54) is 0 Å². The number of carbonyl (C=O) groups excluding carboxylic acids is 2. The first-order valence-electron chi connectivity index (χ1n) is 12.7. The third-order valence-corrected chi connectivity index (χ3v) is 6.80. The van der Waals surface area contributed by atoms with Gasteiger partial charge in [0.25, 0.3) is 11.8 Å². The van der Waals surface area contributed by atoms with E-state index in [2.05, 4.69) is 17.0 Å². The number of aromatic nitrogens is 1. The predicted octanol–water partition coefficient (Wildman–Crippen LogP) is 4.61. The van der Waals surface area contributed by atoms with Gasteiger partial charge in [0.2, 0.25) is 0 Å². The van der Waals surface area contributed by atoms with Crippen molar-refractivity contribution in [2.24, 2.45) is 0 Å². The van der Waals surface area contributed by atoms with Gasteiger partial charge in [-0.05, 0) is 63.7 Å². The van der Waals surface area contributed by atoms with Crippen LogP contribution in [-0.4, -0.2) is 71.8 Å². The molecule has 2 heterocycles. The highest BCUT2D eigenvalue weighted by Crippen LogP contribution is 2.31. The quantitative estimate of drug-likeness (QED) is 0.468. The number of hydrogen-bond acceptors (Lipinski definition) is 4. The minimum Gasteiger partial charge on any atom is -0.339 e. The SMILES string of the molecule is Cc1ccc(C(=O)N(CCN(C)C)Cc2ccccc2)c(C2CCN(C(=O)c3ccccc3)CC2)n1. The second-order valence-corrected chi connectivity index (χ2v) is 9.83. The molecule has 0 aliphatic carbocycles. The summed E-state index contributed by atoms with van der Waals surface area (Å²) in [7, 11) is 4.04. The summed E-state index contributed by atoms with van der Waals surface area (Å²) >= 11 is 0. The fraction of sp³-hybridized carbons (Fsp3) is 0.367. The van der Waals surface area contributed by atoms with E-state index in [1.807, 2.05) is 91.5 Å². The van der Waals surface area contributed by atoms with Crippen molar-refractivity contribution in [1.82, 2.24) is 19.7 Å². The zero-order valence-electron chi connectivity index (χ0n) is 21.6. The third-order valence-electron chi connectivity index (χ3n) is 6.80. The Morgan fingerprint density at radius 3 is 2.17 bits per heavy atom. The standard InChI is InChI=1S/C30H36N4O2/c1-23-14-15-27(30(36)34(21-20-32(2)3)22-24-10-6-4-7-11-24)28(31-23)25-16-18-33(19-17-25)29(35)26-12-8-5-9-13-26/h4-15,25H,16-22H2,1-3H3. The number of rotatable bonds is 8. The molecule has 0 radical (unpaired) electrons. The number of carbonyl (C=O) groups is 2. The molecule has 4 rings (SSSR count). The lowest BCUT2D eigenvalue weighted by Gasteiger charge is -2.33. The fourth-order valence-corrected chi connectivity index (χ4v) is 4.74. The van der Waals surface area contributed by atoms with Crippen LogP contribution in [0.25, 0.3) is 0 Å². The maximum absolute atomic E-state index is 13.9. The molecule has 0 saturated carbocycles. The smallest absolute Gasteiger partial charge is 0.256 e. The first-order valence-corrected chi connectivity index (χ1v) is 12.7. The number of pyridine rings is 1. The van der Waals surface area contributed by atoms with Crippen molar-refractivity contribution in [1.29, 1.82) is 0 Å². The summed E-state index contributed by atoms with van der Waals surface area (Å²) < 4.78 is 0. The average Bonchev–Trinajstić information content (AvgIpc) is 2.91. The molecule has 1 aliphatic heterocycles. The molecule has 1 aromatic heterocycles. The van der Waals surface area contributed by atoms with Crippen LogP contribution >= 0.6 is 0 Å². The van der Waals surface area contributed by atoms with Crippen LogP contribution in [0.3, 0.4) is 0 Å². The van der Waals surface area contributed by atoms with E-state index in [1.54, 1.807) is 0 Å². The minimum absolute atomic E-state index is 0.0194. The monoisotopic (exact) mass is 484 g/mol. The van der Waals surface area contributed by atoms with E-state index >= 15 is 0 Å². The second kappa shape index (κ2) is 12.0. The molecule has 0 spiro atoms. The summed E-state index contributed by atoms with van der Waals surface area (Å²) in [4.78, 5) is 37.6. The van der Waals surface area contributed by atoms with Crippen molar-refractivity contribution in [3.63, 3.8) is 0 Å². The molecule has 36 heavy (non-hydrogen) atoms. The first-order chi connectivity index (χ1) is 17.4. The van der Waals surface area contributed by atoms with Crippen LogP contribution < -0.4 is 0 Å². The fourth-order valence-electron chi connectivity index (χ4n) is 4.74. The number of piperidine rings is 1. The zero-order valence-corrected chi connectivity index (χ0v) is 21.6. The van der Waals surface area contributed by atoms with Gasteiger partial charge >= 0.3 is 0 Å². The molecule has 6 heteroatoms. The molecular weight excluding hydrogens is 448 g/mol. The Hall–Kier alpha value is -3.51. The number of likely N-dealkylation sites (tertiary alicyclic amines) is 1. The third kappa shape index (κ3) is 6.38. The first kappa shape index (κ1) is 25.6. The van der Waals surface area contributed by atoms with Gasteiger partial charge in [0.15, 0.2) is 0 Å². The molecule has 0 atom stereocenters.